The van der Waals surface area contributed by atoms with E-state index in [4.69, 9.17) is 18.9 Å². The molecule has 1 aromatic carbocycles. The maximum absolute atomic E-state index is 13.4. The molecule has 4 unspecified atom stereocenters. The maximum atomic E-state index is 13.4. The van der Waals surface area contributed by atoms with Crippen LogP contribution in [0.3, 0.4) is 0 Å². The molecule has 6 aromatic heterocycles. The van der Waals surface area contributed by atoms with E-state index in [-0.39, 0.29) is 16.7 Å². The Morgan fingerprint density at radius 3 is 1.84 bits per heavy atom. The highest BCUT2D eigenvalue weighted by Gasteiger charge is 2.52. The number of fused-ring (bicyclic) bond motifs is 6. The van der Waals surface area contributed by atoms with Crippen molar-refractivity contribution in [3.63, 3.8) is 0 Å². The largest absolute Gasteiger partial charge is 0.347 e. The molecule has 2 saturated heterocycles. The lowest BCUT2D eigenvalue weighted by Crippen LogP contribution is -2.26. The molecule has 17 heteroatoms. The lowest BCUT2D eigenvalue weighted by atomic mass is 9.93. The van der Waals surface area contributed by atoms with E-state index in [0.717, 1.165) is 66.1 Å². The van der Waals surface area contributed by atoms with Crippen molar-refractivity contribution in [1.29, 1.82) is 0 Å². The smallest absolute Gasteiger partial charge is 0.269 e. The van der Waals surface area contributed by atoms with Gasteiger partial charge >= 0.3 is 0 Å². The Hall–Kier alpha value is -4.81. The number of H-pyrrole nitrogens is 1. The van der Waals surface area contributed by atoms with Crippen molar-refractivity contribution in [3.8, 4) is 0 Å². The molecule has 4 atom stereocenters. The molecule has 0 radical (unpaired) electrons. The van der Waals surface area contributed by atoms with Gasteiger partial charge in [0.1, 0.15) is 11.6 Å². The summed E-state index contributed by atoms with van der Waals surface area (Å²) in [5.74, 6) is 2.02. The van der Waals surface area contributed by atoms with Crippen molar-refractivity contribution in [3.05, 3.63) is 78.4 Å². The van der Waals surface area contributed by atoms with Crippen molar-refractivity contribution >= 4 is 43.6 Å². The van der Waals surface area contributed by atoms with E-state index in [9.17, 15) is 8.42 Å². The van der Waals surface area contributed by atoms with E-state index < -0.39 is 21.6 Å². The average Bonchev–Trinajstić information content (AvgIpc) is 4.06. The summed E-state index contributed by atoms with van der Waals surface area (Å²) >= 11 is 0. The molecule has 16 nitrogen and oxygen atoms in total. The van der Waals surface area contributed by atoms with Gasteiger partial charge in [-0.15, -0.1) is 20.4 Å². The zero-order chi connectivity index (χ0) is 38.2. The number of rotatable bonds is 6. The van der Waals surface area contributed by atoms with Gasteiger partial charge in [-0.1, -0.05) is 44.4 Å². The number of hydrogen-bond donors (Lipinski definition) is 1. The number of aryl methyl sites for hydroxylation is 1. The first-order valence-electron chi connectivity index (χ1n) is 19.5. The van der Waals surface area contributed by atoms with Crippen LogP contribution in [0.2, 0.25) is 0 Å². The number of nitrogens with one attached hydrogen (secondary N) is 1. The van der Waals surface area contributed by atoms with Gasteiger partial charge in [-0.3, -0.25) is 8.80 Å². The molecular weight excluding hydrogens is 737 g/mol. The molecule has 11 rings (SSSR count). The number of ether oxygens (including phenoxy) is 4. The quantitative estimate of drug-likeness (QED) is 0.224. The fourth-order valence-corrected chi connectivity index (χ4v) is 10.8. The molecule has 7 aromatic rings. The van der Waals surface area contributed by atoms with E-state index in [0.29, 0.717) is 61.5 Å². The predicted octanol–water partition coefficient (Wildman–Crippen LogP) is 5.52. The van der Waals surface area contributed by atoms with Crippen LogP contribution in [-0.2, 0) is 29.0 Å². The number of aromatic nitrogens is 10. The van der Waals surface area contributed by atoms with Crippen LogP contribution < -0.4 is 0 Å². The van der Waals surface area contributed by atoms with Crippen molar-refractivity contribution in [2.45, 2.75) is 87.6 Å². The Bertz CT molecular complexity index is 2670. The Morgan fingerprint density at radius 2 is 1.27 bits per heavy atom. The molecule has 292 valence electrons. The minimum absolute atomic E-state index is 0.0887. The summed E-state index contributed by atoms with van der Waals surface area (Å²) in [7, 11) is -3.80. The van der Waals surface area contributed by atoms with E-state index in [1.807, 2.05) is 23.6 Å². The Labute approximate surface area is 322 Å². The molecular formula is C39H44N10O6S. The van der Waals surface area contributed by atoms with Crippen LogP contribution in [0.15, 0.2) is 66.1 Å². The zero-order valence-electron chi connectivity index (χ0n) is 31.5. The minimum atomic E-state index is -3.80. The molecule has 8 heterocycles. The Kier molecular flexibility index (Phi) is 8.52. The second-order valence-electron chi connectivity index (χ2n) is 15.5. The summed E-state index contributed by atoms with van der Waals surface area (Å²) in [6.07, 6.45) is 12.1. The van der Waals surface area contributed by atoms with E-state index in [1.54, 1.807) is 48.9 Å². The van der Waals surface area contributed by atoms with Crippen LogP contribution in [0.5, 0.6) is 0 Å². The lowest BCUT2D eigenvalue weighted by Gasteiger charge is -2.21. The highest BCUT2D eigenvalue weighted by Crippen LogP contribution is 2.51. The number of nitrogens with zero attached hydrogens (tertiary/aromatic N) is 9. The van der Waals surface area contributed by atoms with Crippen LogP contribution in [0.25, 0.3) is 33.6 Å². The van der Waals surface area contributed by atoms with Gasteiger partial charge in [0.05, 0.1) is 54.8 Å². The SMILES string of the molecule is CCC1CC2(CC1c1nnc3cnc4[nH]ccc4n13)OCCO2.CCC1CC2(CC1c1nnc3cnc4c(ccn4S(=O)(=O)c4ccc(C)cc4)n13)OCCO2. The summed E-state index contributed by atoms with van der Waals surface area (Å²) in [4.78, 5) is 12.2. The number of benzene rings is 1. The van der Waals surface area contributed by atoms with E-state index >= 15 is 0 Å². The first kappa shape index (κ1) is 35.6. The number of hydrogen-bond acceptors (Lipinski definition) is 12. The van der Waals surface area contributed by atoms with E-state index in [1.165, 1.54) is 3.97 Å². The summed E-state index contributed by atoms with van der Waals surface area (Å²) in [5, 5.41) is 17.7. The molecule has 2 aliphatic carbocycles. The highest BCUT2D eigenvalue weighted by molar-refractivity contribution is 7.90. The molecule has 4 fully saturated rings. The van der Waals surface area contributed by atoms with Crippen LogP contribution in [0.1, 0.15) is 81.4 Å². The third-order valence-electron chi connectivity index (χ3n) is 12.3. The third kappa shape index (κ3) is 5.65. The monoisotopic (exact) mass is 780 g/mol. The fourth-order valence-electron chi connectivity index (χ4n) is 9.53. The lowest BCUT2D eigenvalue weighted by molar-refractivity contribution is -0.153. The van der Waals surface area contributed by atoms with Crippen molar-refractivity contribution < 1.29 is 27.4 Å². The normalized spacial score (nSPS) is 24.4. The summed E-state index contributed by atoms with van der Waals surface area (Å²) in [6.45, 7) is 8.91. The van der Waals surface area contributed by atoms with Gasteiger partial charge in [-0.25, -0.2) is 22.4 Å². The summed E-state index contributed by atoms with van der Waals surface area (Å²) in [5.41, 5.74) is 5.25. The average molecular weight is 781 g/mol. The molecule has 56 heavy (non-hydrogen) atoms. The Balaban J connectivity index is 0.000000146. The van der Waals surface area contributed by atoms with Crippen LogP contribution in [0, 0.1) is 18.8 Å². The molecule has 2 spiro atoms. The fraction of sp³-hybridized carbons (Fsp3) is 0.487. The Morgan fingerprint density at radius 1 is 0.714 bits per heavy atom. The van der Waals surface area contributed by atoms with Crippen molar-refractivity contribution in [2.75, 3.05) is 26.4 Å². The van der Waals surface area contributed by atoms with Gasteiger partial charge in [0.25, 0.3) is 10.0 Å². The van der Waals surface area contributed by atoms with Crippen LogP contribution >= 0.6 is 0 Å². The molecule has 4 aliphatic rings. The van der Waals surface area contributed by atoms with Gasteiger partial charge in [0.2, 0.25) is 0 Å². The van der Waals surface area contributed by atoms with Gasteiger partial charge in [-0.2, -0.15) is 0 Å². The zero-order valence-corrected chi connectivity index (χ0v) is 32.4. The number of aromatic amines is 1. The predicted molar refractivity (Wildman–Crippen MR) is 203 cm³/mol. The van der Waals surface area contributed by atoms with Gasteiger partial charge in [-0.05, 0) is 43.0 Å². The topological polar surface area (TPSA) is 178 Å². The van der Waals surface area contributed by atoms with Crippen molar-refractivity contribution in [2.24, 2.45) is 11.8 Å². The summed E-state index contributed by atoms with van der Waals surface area (Å²) in [6, 6.07) is 10.6. The van der Waals surface area contributed by atoms with E-state index in [2.05, 4.69) is 53.6 Å². The maximum Gasteiger partial charge on any atom is 0.269 e. The second kappa shape index (κ2) is 13.4. The van der Waals surface area contributed by atoms with Gasteiger partial charge in [0.15, 0.2) is 34.2 Å². The minimum Gasteiger partial charge on any atom is -0.347 e. The third-order valence-corrected chi connectivity index (χ3v) is 14.0. The van der Waals surface area contributed by atoms with Crippen LogP contribution in [-0.4, -0.2) is 94.5 Å². The molecule has 1 N–H and O–H groups in total. The first-order valence-corrected chi connectivity index (χ1v) is 20.9. The molecule has 2 aliphatic heterocycles. The summed E-state index contributed by atoms with van der Waals surface area (Å²) < 4.78 is 55.9. The van der Waals surface area contributed by atoms with Crippen molar-refractivity contribution in [1.82, 2.24) is 48.1 Å². The first-order chi connectivity index (χ1) is 27.2. The second-order valence-corrected chi connectivity index (χ2v) is 17.3. The standard InChI is InChI=1S/C23H25N5O4S.C16H19N5O2/c1-3-16-12-23(31-10-11-32-23)13-18(16)21-26-25-20-14-24-22-19(28(20)21)8-9-27(22)33(29,30)17-6-4-15(2)5-7-17;1-2-10-7-16(22-5-6-23-16)8-11(10)15-20-19-13-9-18-14-12(21(13)15)3-4-17-14/h4-9,14,16,18H,3,10-13H2,1-2H3;3-4,9-11,17H,2,5-8H2,1H3. The molecule has 0 bridgehead atoms. The highest BCUT2D eigenvalue weighted by atomic mass is 32.2. The molecule has 2 saturated carbocycles. The van der Waals surface area contributed by atoms with Crippen LogP contribution in [0.4, 0.5) is 0 Å². The molecule has 0 amide bonds. The van der Waals surface area contributed by atoms with Gasteiger partial charge < -0.3 is 23.9 Å². The van der Waals surface area contributed by atoms with Gasteiger partial charge in [0, 0.05) is 49.9 Å².